The van der Waals surface area contributed by atoms with E-state index in [9.17, 15) is 9.59 Å². The Hall–Kier alpha value is -3.18. The lowest BCUT2D eigenvalue weighted by Crippen LogP contribution is -2.37. The van der Waals surface area contributed by atoms with Gasteiger partial charge in [0.15, 0.2) is 5.78 Å². The summed E-state index contributed by atoms with van der Waals surface area (Å²) in [6, 6.07) is 26.6. The van der Waals surface area contributed by atoms with Crippen LogP contribution >= 0.6 is 15.9 Å². The van der Waals surface area contributed by atoms with Crippen LogP contribution in [0.4, 0.5) is 5.69 Å². The average Bonchev–Trinajstić information content (AvgIpc) is 2.82. The number of ketones is 1. The molecule has 3 aromatic carbocycles. The zero-order valence-corrected chi connectivity index (χ0v) is 18.8. The van der Waals surface area contributed by atoms with E-state index >= 15 is 0 Å². The fourth-order valence-electron chi connectivity index (χ4n) is 3.97. The average molecular weight is 475 g/mol. The maximum Gasteiger partial charge on any atom is 0.254 e. The van der Waals surface area contributed by atoms with Gasteiger partial charge < -0.3 is 10.2 Å². The van der Waals surface area contributed by atoms with Crippen LogP contribution in [0, 0.1) is 0 Å². The molecular formula is C26H23BrN2O2. The van der Waals surface area contributed by atoms with Gasteiger partial charge in [-0.05, 0) is 35.7 Å². The Bertz CT molecular complexity index is 1130. The minimum atomic E-state index is -0.697. The molecule has 0 bridgehead atoms. The van der Waals surface area contributed by atoms with Crippen LogP contribution in [-0.4, -0.2) is 17.0 Å². The second-order valence-corrected chi connectivity index (χ2v) is 8.02. The van der Waals surface area contributed by atoms with Crippen LogP contribution in [0.3, 0.4) is 0 Å². The molecular weight excluding hydrogens is 452 g/mol. The Morgan fingerprint density at radius 1 is 0.935 bits per heavy atom. The van der Waals surface area contributed by atoms with Crippen LogP contribution in [0.15, 0.2) is 90.6 Å². The van der Waals surface area contributed by atoms with Gasteiger partial charge in [0.2, 0.25) is 0 Å². The summed E-state index contributed by atoms with van der Waals surface area (Å²) in [4.78, 5) is 28.2. The van der Waals surface area contributed by atoms with E-state index in [0.717, 1.165) is 28.1 Å². The molecule has 0 aliphatic carbocycles. The number of carbonyl (C=O) groups is 2. The number of fused-ring (bicyclic) bond motifs is 1. The molecule has 0 saturated heterocycles. The molecule has 156 valence electrons. The first-order valence-corrected chi connectivity index (χ1v) is 11.3. The molecule has 1 N–H and O–H groups in total. The number of allylic oxidation sites excluding steroid dienone is 1. The Morgan fingerprint density at radius 2 is 1.55 bits per heavy atom. The highest BCUT2D eigenvalue weighted by molar-refractivity contribution is 9.09. The Kier molecular flexibility index (Phi) is 6.33. The highest BCUT2D eigenvalue weighted by Crippen LogP contribution is 2.36. The van der Waals surface area contributed by atoms with Crippen molar-refractivity contribution in [2.45, 2.75) is 19.5 Å². The molecule has 3 aromatic rings. The number of Topliss-reactive ketones (excluding diaryl/α,β-unsaturated/α-hetero) is 1. The monoisotopic (exact) mass is 474 g/mol. The van der Waals surface area contributed by atoms with Gasteiger partial charge >= 0.3 is 0 Å². The van der Waals surface area contributed by atoms with Crippen LogP contribution in [0.2, 0.25) is 0 Å². The number of benzene rings is 3. The van der Waals surface area contributed by atoms with Crippen LogP contribution in [0.1, 0.15) is 29.7 Å². The number of anilines is 1. The fraction of sp³-hybridized carbons (Fsp3) is 0.154. The van der Waals surface area contributed by atoms with Crippen LogP contribution in [0.5, 0.6) is 0 Å². The number of nitrogens with one attached hydrogen (secondary N) is 1. The molecule has 0 unspecified atom stereocenters. The second kappa shape index (κ2) is 9.31. The fourth-order valence-corrected chi connectivity index (χ4v) is 4.56. The number of hydrogen-bond donors (Lipinski definition) is 1. The van der Waals surface area contributed by atoms with Crippen LogP contribution in [-0.2, 0) is 16.1 Å². The summed E-state index contributed by atoms with van der Waals surface area (Å²) in [5.74, 6) is -0.365. The smallest absolute Gasteiger partial charge is 0.254 e. The van der Waals surface area contributed by atoms with E-state index in [-0.39, 0.29) is 11.7 Å². The summed E-state index contributed by atoms with van der Waals surface area (Å²) in [5, 5.41) is 3.49. The van der Waals surface area contributed by atoms with Crippen LogP contribution < -0.4 is 10.2 Å². The quantitative estimate of drug-likeness (QED) is 0.495. The van der Waals surface area contributed by atoms with Crippen molar-refractivity contribution in [3.8, 4) is 0 Å². The number of rotatable bonds is 6. The number of hydrogen-bond acceptors (Lipinski definition) is 3. The summed E-state index contributed by atoms with van der Waals surface area (Å²) in [6.45, 7) is 2.18. The van der Waals surface area contributed by atoms with Gasteiger partial charge in [0.25, 0.3) is 5.91 Å². The molecule has 4 rings (SSSR count). The zero-order valence-electron chi connectivity index (χ0n) is 17.2. The molecule has 0 radical (unpaired) electrons. The summed E-state index contributed by atoms with van der Waals surface area (Å²) in [5.41, 5.74) is 5.22. The molecule has 1 heterocycles. The molecule has 0 spiro atoms. The summed E-state index contributed by atoms with van der Waals surface area (Å²) in [7, 11) is 0. The van der Waals surface area contributed by atoms with E-state index in [2.05, 4.69) is 26.1 Å². The van der Waals surface area contributed by atoms with Gasteiger partial charge in [0, 0.05) is 23.3 Å². The standard InChI is InChI=1S/C26H23BrN2O2/c1-18(30)25(19-10-4-2-5-11-19)28-26(31)24-22-15-9-8-12-20(22)17-29(23(24)16-27)21-13-6-3-7-14-21/h2-15,25H,16-17H2,1H3,(H,28,31)/t25-/m1/s1. The van der Waals surface area contributed by atoms with Gasteiger partial charge in [0.1, 0.15) is 6.04 Å². The molecule has 1 amide bonds. The van der Waals surface area contributed by atoms with Crippen molar-refractivity contribution >= 4 is 38.9 Å². The van der Waals surface area contributed by atoms with Crippen LogP contribution in [0.25, 0.3) is 5.57 Å². The SMILES string of the molecule is CC(=O)[C@@H](NC(=O)C1=C(CBr)N(c2ccccc2)Cc2ccccc21)c1ccccc1. The topological polar surface area (TPSA) is 49.4 Å². The number of nitrogens with zero attached hydrogens (tertiary/aromatic N) is 1. The van der Waals surface area contributed by atoms with Crippen molar-refractivity contribution in [3.63, 3.8) is 0 Å². The summed E-state index contributed by atoms with van der Waals surface area (Å²) < 4.78 is 0. The number of para-hydroxylation sites is 1. The predicted octanol–water partition coefficient (Wildman–Crippen LogP) is 5.26. The van der Waals surface area contributed by atoms with Gasteiger partial charge in [-0.1, -0.05) is 88.7 Å². The summed E-state index contributed by atoms with van der Waals surface area (Å²) in [6.07, 6.45) is 0. The van der Waals surface area contributed by atoms with Gasteiger partial charge in [-0.25, -0.2) is 0 Å². The molecule has 4 nitrogen and oxygen atoms in total. The number of amides is 1. The van der Waals surface area contributed by atoms with E-state index in [1.807, 2.05) is 84.9 Å². The maximum absolute atomic E-state index is 13.6. The van der Waals surface area contributed by atoms with Crippen molar-refractivity contribution in [1.82, 2.24) is 5.32 Å². The van der Waals surface area contributed by atoms with Crippen molar-refractivity contribution < 1.29 is 9.59 Å². The Balaban J connectivity index is 1.79. The molecule has 0 saturated carbocycles. The number of carbonyl (C=O) groups excluding carboxylic acids is 2. The van der Waals surface area contributed by atoms with Crippen molar-refractivity contribution in [1.29, 1.82) is 0 Å². The lowest BCUT2D eigenvalue weighted by molar-refractivity contribution is -0.124. The highest BCUT2D eigenvalue weighted by Gasteiger charge is 2.31. The van der Waals surface area contributed by atoms with E-state index < -0.39 is 6.04 Å². The maximum atomic E-state index is 13.6. The molecule has 5 heteroatoms. The molecule has 1 aliphatic heterocycles. The number of alkyl halides is 1. The van der Waals surface area contributed by atoms with Gasteiger partial charge in [-0.15, -0.1) is 0 Å². The van der Waals surface area contributed by atoms with E-state index in [1.165, 1.54) is 6.92 Å². The Labute approximate surface area is 190 Å². The lowest BCUT2D eigenvalue weighted by Gasteiger charge is -2.34. The zero-order chi connectivity index (χ0) is 21.8. The molecule has 31 heavy (non-hydrogen) atoms. The van der Waals surface area contributed by atoms with E-state index in [0.29, 0.717) is 17.4 Å². The van der Waals surface area contributed by atoms with Gasteiger partial charge in [-0.2, -0.15) is 0 Å². The first-order valence-electron chi connectivity index (χ1n) is 10.2. The predicted molar refractivity (Wildman–Crippen MR) is 128 cm³/mol. The normalized spacial score (nSPS) is 14.1. The van der Waals surface area contributed by atoms with E-state index in [4.69, 9.17) is 0 Å². The lowest BCUT2D eigenvalue weighted by atomic mass is 9.92. The highest BCUT2D eigenvalue weighted by atomic mass is 79.9. The van der Waals surface area contributed by atoms with Crippen molar-refractivity contribution in [2.75, 3.05) is 10.2 Å². The second-order valence-electron chi connectivity index (χ2n) is 7.46. The van der Waals surface area contributed by atoms with E-state index in [1.54, 1.807) is 0 Å². The Morgan fingerprint density at radius 3 is 2.19 bits per heavy atom. The van der Waals surface area contributed by atoms with Crippen molar-refractivity contribution in [3.05, 3.63) is 107 Å². The third-order valence-electron chi connectivity index (χ3n) is 5.47. The largest absolute Gasteiger partial charge is 0.339 e. The summed E-state index contributed by atoms with van der Waals surface area (Å²) >= 11 is 3.60. The minimum Gasteiger partial charge on any atom is -0.339 e. The first-order chi connectivity index (χ1) is 15.1. The molecule has 1 atom stereocenters. The third kappa shape index (κ3) is 4.32. The van der Waals surface area contributed by atoms with Gasteiger partial charge in [-0.3, -0.25) is 9.59 Å². The molecule has 1 aliphatic rings. The minimum absolute atomic E-state index is 0.107. The number of halogens is 1. The van der Waals surface area contributed by atoms with Crippen molar-refractivity contribution in [2.24, 2.45) is 0 Å². The molecule has 0 fully saturated rings. The van der Waals surface area contributed by atoms with Gasteiger partial charge in [0.05, 0.1) is 5.57 Å². The molecule has 0 aromatic heterocycles. The third-order valence-corrected chi connectivity index (χ3v) is 6.00. The first kappa shape index (κ1) is 21.1.